The summed E-state index contributed by atoms with van der Waals surface area (Å²) < 4.78 is 29.9. The van der Waals surface area contributed by atoms with E-state index in [9.17, 15) is 4.39 Å². The number of methoxy groups -OCH3 is 1. The van der Waals surface area contributed by atoms with E-state index in [1.807, 2.05) is 31.2 Å². The fourth-order valence-electron chi connectivity index (χ4n) is 3.12. The van der Waals surface area contributed by atoms with E-state index in [0.29, 0.717) is 29.7 Å². The van der Waals surface area contributed by atoms with Crippen molar-refractivity contribution < 1.29 is 18.6 Å². The van der Waals surface area contributed by atoms with Gasteiger partial charge in [0.15, 0.2) is 11.5 Å². The Morgan fingerprint density at radius 2 is 1.59 bits per heavy atom. The molecule has 0 spiro atoms. The molecule has 0 aromatic heterocycles. The van der Waals surface area contributed by atoms with Crippen LogP contribution >= 0.6 is 24.0 Å². The van der Waals surface area contributed by atoms with Crippen LogP contribution in [-0.2, 0) is 19.6 Å². The lowest BCUT2D eigenvalue weighted by Crippen LogP contribution is -2.17. The van der Waals surface area contributed by atoms with Gasteiger partial charge in [-0.1, -0.05) is 35.9 Å². The van der Waals surface area contributed by atoms with Crippen LogP contribution in [0.1, 0.15) is 23.6 Å². The summed E-state index contributed by atoms with van der Waals surface area (Å²) >= 11 is 6.49. The highest BCUT2D eigenvalue weighted by Gasteiger charge is 2.13. The minimum atomic E-state index is -0.277. The van der Waals surface area contributed by atoms with E-state index in [1.165, 1.54) is 17.7 Å². The summed E-state index contributed by atoms with van der Waals surface area (Å²) in [7, 11) is 1.66. The van der Waals surface area contributed by atoms with Gasteiger partial charge in [-0.2, -0.15) is 0 Å². The van der Waals surface area contributed by atoms with Crippen molar-refractivity contribution in [2.24, 2.45) is 0 Å². The van der Waals surface area contributed by atoms with Gasteiger partial charge in [0.05, 0.1) is 18.7 Å². The van der Waals surface area contributed by atoms with E-state index < -0.39 is 0 Å². The third-order valence-corrected chi connectivity index (χ3v) is 5.02. The first kappa shape index (κ1) is 25.8. The Balaban J connectivity index is 0.00000363. The highest BCUT2D eigenvalue weighted by molar-refractivity contribution is 6.32. The number of rotatable bonds is 11. The Hall–Kier alpha value is -2.47. The molecule has 0 radical (unpaired) electrons. The van der Waals surface area contributed by atoms with E-state index in [0.717, 1.165) is 29.8 Å². The van der Waals surface area contributed by atoms with E-state index in [-0.39, 0.29) is 24.8 Å². The molecule has 0 saturated carbocycles. The maximum absolute atomic E-state index is 13.1. The smallest absolute Gasteiger partial charge is 0.180 e. The van der Waals surface area contributed by atoms with E-state index in [1.54, 1.807) is 19.2 Å². The molecule has 0 heterocycles. The zero-order valence-corrected chi connectivity index (χ0v) is 19.8. The largest absolute Gasteiger partial charge is 0.497 e. The van der Waals surface area contributed by atoms with Gasteiger partial charge in [-0.3, -0.25) is 0 Å². The van der Waals surface area contributed by atoms with Gasteiger partial charge in [0, 0.05) is 6.54 Å². The summed E-state index contributed by atoms with van der Waals surface area (Å²) in [5.41, 5.74) is 3.10. The van der Waals surface area contributed by atoms with Gasteiger partial charge < -0.3 is 19.5 Å². The van der Waals surface area contributed by atoms with Crippen molar-refractivity contribution in [1.82, 2.24) is 5.32 Å². The molecule has 4 nitrogen and oxygen atoms in total. The molecule has 0 bridgehead atoms. The number of nitrogens with one attached hydrogen (secondary N) is 1. The summed E-state index contributed by atoms with van der Waals surface area (Å²) in [6, 6.07) is 18.1. The van der Waals surface area contributed by atoms with Crippen molar-refractivity contribution in [2.45, 2.75) is 26.5 Å². The van der Waals surface area contributed by atoms with Gasteiger partial charge in [-0.05, 0) is 73.0 Å². The molecule has 0 unspecified atom stereocenters. The Morgan fingerprint density at radius 3 is 2.25 bits per heavy atom. The van der Waals surface area contributed by atoms with Crippen LogP contribution in [0.15, 0.2) is 60.7 Å². The third-order valence-electron chi connectivity index (χ3n) is 4.74. The molecule has 0 fully saturated rings. The average molecular weight is 480 g/mol. The molecular formula is C25H28Cl2FNO3. The molecule has 0 aliphatic rings. The number of halogens is 3. The van der Waals surface area contributed by atoms with Gasteiger partial charge in [-0.25, -0.2) is 4.39 Å². The normalized spacial score (nSPS) is 10.4. The van der Waals surface area contributed by atoms with Crippen molar-refractivity contribution in [3.63, 3.8) is 0 Å². The van der Waals surface area contributed by atoms with E-state index >= 15 is 0 Å². The zero-order chi connectivity index (χ0) is 22.1. The number of benzene rings is 3. The van der Waals surface area contributed by atoms with Gasteiger partial charge in [-0.15, -0.1) is 12.4 Å². The fourth-order valence-corrected chi connectivity index (χ4v) is 3.41. The second-order valence-corrected chi connectivity index (χ2v) is 7.44. The van der Waals surface area contributed by atoms with Crippen LogP contribution < -0.4 is 19.5 Å². The van der Waals surface area contributed by atoms with Crippen LogP contribution in [0.4, 0.5) is 4.39 Å². The maximum Gasteiger partial charge on any atom is 0.180 e. The first-order chi connectivity index (χ1) is 15.1. The third kappa shape index (κ3) is 7.59. The molecule has 7 heteroatoms. The molecule has 0 amide bonds. The van der Waals surface area contributed by atoms with Crippen LogP contribution in [0, 0.1) is 5.82 Å². The maximum atomic E-state index is 13.1. The quantitative estimate of drug-likeness (QED) is 0.331. The Bertz CT molecular complexity index is 966. The van der Waals surface area contributed by atoms with E-state index in [2.05, 4.69) is 17.4 Å². The lowest BCUT2D eigenvalue weighted by Gasteiger charge is -2.16. The second kappa shape index (κ2) is 13.2. The first-order valence-electron chi connectivity index (χ1n) is 10.2. The first-order valence-corrected chi connectivity index (χ1v) is 10.6. The molecule has 3 aromatic carbocycles. The van der Waals surface area contributed by atoms with Gasteiger partial charge in [0.25, 0.3) is 0 Å². The molecule has 3 aromatic rings. The molecule has 3 rings (SSSR count). The Morgan fingerprint density at radius 1 is 0.906 bits per heavy atom. The van der Waals surface area contributed by atoms with Crippen LogP contribution in [0.2, 0.25) is 5.02 Å². The van der Waals surface area contributed by atoms with Crippen molar-refractivity contribution in [2.75, 3.05) is 20.3 Å². The molecule has 0 aliphatic carbocycles. The van der Waals surface area contributed by atoms with Crippen LogP contribution in [0.3, 0.4) is 0 Å². The highest BCUT2D eigenvalue weighted by Crippen LogP contribution is 2.37. The molecule has 32 heavy (non-hydrogen) atoms. The van der Waals surface area contributed by atoms with Crippen LogP contribution in [0.25, 0.3) is 0 Å². The van der Waals surface area contributed by atoms with Crippen molar-refractivity contribution in [3.05, 3.63) is 88.2 Å². The van der Waals surface area contributed by atoms with Crippen LogP contribution in [0.5, 0.6) is 17.2 Å². The lowest BCUT2D eigenvalue weighted by atomic mass is 10.1. The molecule has 1 N–H and O–H groups in total. The summed E-state index contributed by atoms with van der Waals surface area (Å²) in [5.74, 6) is 1.68. The Labute approximate surface area is 200 Å². The molecule has 172 valence electrons. The summed E-state index contributed by atoms with van der Waals surface area (Å²) in [6.07, 6.45) is 0.912. The number of hydrogen-bond donors (Lipinski definition) is 1. The Kier molecular flexibility index (Phi) is 10.6. The summed E-state index contributed by atoms with van der Waals surface area (Å²) in [5, 5.41) is 3.92. The topological polar surface area (TPSA) is 39.7 Å². The fraction of sp³-hybridized carbons (Fsp3) is 0.280. The van der Waals surface area contributed by atoms with Gasteiger partial charge in [0.2, 0.25) is 0 Å². The SMILES string of the molecule is CCOc1cc(CNCCc2ccc(OC)cc2)cc(Cl)c1OCc1ccc(F)cc1.Cl. The minimum Gasteiger partial charge on any atom is -0.497 e. The van der Waals surface area contributed by atoms with Gasteiger partial charge >= 0.3 is 0 Å². The minimum absolute atomic E-state index is 0. The average Bonchev–Trinajstić information content (AvgIpc) is 2.78. The van der Waals surface area contributed by atoms with Gasteiger partial charge in [0.1, 0.15) is 18.2 Å². The second-order valence-electron chi connectivity index (χ2n) is 7.03. The monoisotopic (exact) mass is 479 g/mol. The van der Waals surface area contributed by atoms with Crippen molar-refractivity contribution in [1.29, 1.82) is 0 Å². The van der Waals surface area contributed by atoms with Crippen molar-refractivity contribution in [3.8, 4) is 17.2 Å². The van der Waals surface area contributed by atoms with Crippen molar-refractivity contribution >= 4 is 24.0 Å². The number of ether oxygens (including phenoxy) is 3. The predicted molar refractivity (Wildman–Crippen MR) is 129 cm³/mol. The zero-order valence-electron chi connectivity index (χ0n) is 18.2. The van der Waals surface area contributed by atoms with Crippen LogP contribution in [-0.4, -0.2) is 20.3 Å². The molecule has 0 saturated heterocycles. The summed E-state index contributed by atoms with van der Waals surface area (Å²) in [6.45, 7) is 4.18. The molecule has 0 aliphatic heterocycles. The predicted octanol–water partition coefficient (Wildman–Crippen LogP) is 6.22. The molecule has 0 atom stereocenters. The standard InChI is InChI=1S/C25H27ClFNO3.ClH/c1-3-30-24-15-20(16-28-13-12-18-6-10-22(29-2)11-7-18)14-23(26)25(24)31-17-19-4-8-21(27)9-5-19;/h4-11,14-15,28H,3,12-13,16-17H2,1-2H3;1H. The summed E-state index contributed by atoms with van der Waals surface area (Å²) in [4.78, 5) is 0. The lowest BCUT2D eigenvalue weighted by molar-refractivity contribution is 0.269. The number of hydrogen-bond acceptors (Lipinski definition) is 4. The highest BCUT2D eigenvalue weighted by atomic mass is 35.5. The molecular weight excluding hydrogens is 452 g/mol. The van der Waals surface area contributed by atoms with E-state index in [4.69, 9.17) is 25.8 Å².